The summed E-state index contributed by atoms with van der Waals surface area (Å²) in [6, 6.07) is 7.35. The maximum Gasteiger partial charge on any atom is 0.0992 e. The van der Waals surface area contributed by atoms with Crippen molar-refractivity contribution in [2.45, 2.75) is 0 Å². The van der Waals surface area contributed by atoms with Crippen molar-refractivity contribution in [1.29, 1.82) is 5.26 Å². The monoisotopic (exact) mass is 281 g/mol. The van der Waals surface area contributed by atoms with E-state index in [0.29, 0.717) is 10.6 Å². The van der Waals surface area contributed by atoms with Gasteiger partial charge >= 0.3 is 0 Å². The Kier molecular flexibility index (Phi) is 2.76. The third-order valence-electron chi connectivity index (χ3n) is 1.87. The average Bonchev–Trinajstić information content (AvgIpc) is 2.64. The molecule has 1 aromatic carbocycles. The molecule has 0 fully saturated rings. The topological polar surface area (TPSA) is 41.6 Å². The second kappa shape index (κ2) is 4.05. The molecule has 0 aliphatic rings. The summed E-state index contributed by atoms with van der Waals surface area (Å²) < 4.78 is 2.45. The van der Waals surface area contributed by atoms with E-state index < -0.39 is 0 Å². The first-order valence-corrected chi connectivity index (χ1v) is 5.28. The lowest BCUT2D eigenvalue weighted by molar-refractivity contribution is 0.876. The summed E-state index contributed by atoms with van der Waals surface area (Å²) in [6.07, 6.45) is 3.26. The van der Waals surface area contributed by atoms with Crippen LogP contribution >= 0.6 is 27.5 Å². The lowest BCUT2D eigenvalue weighted by Crippen LogP contribution is -1.95. The van der Waals surface area contributed by atoms with Gasteiger partial charge in [0, 0.05) is 10.7 Å². The second-order valence-corrected chi connectivity index (χ2v) is 4.17. The second-order valence-electron chi connectivity index (χ2n) is 2.88. The van der Waals surface area contributed by atoms with E-state index in [1.54, 1.807) is 29.2 Å². The Labute approximate surface area is 100 Å². The number of nitrogens with zero attached hydrogens (tertiary/aromatic N) is 3. The third kappa shape index (κ3) is 2.04. The standard InChI is InChI=1S/C10H5BrClN3/c11-9-3-7(4-13)1-2-10(9)15-6-8(12)5-14-15/h1-3,5-6H. The molecular formula is C10H5BrClN3. The van der Waals surface area contributed by atoms with Crippen molar-refractivity contribution in [3.63, 3.8) is 0 Å². The molecule has 0 bridgehead atoms. The molecule has 0 aliphatic carbocycles. The van der Waals surface area contributed by atoms with Gasteiger partial charge in [-0.2, -0.15) is 10.4 Å². The largest absolute Gasteiger partial charge is 0.238 e. The van der Waals surface area contributed by atoms with E-state index in [4.69, 9.17) is 16.9 Å². The highest BCUT2D eigenvalue weighted by atomic mass is 79.9. The van der Waals surface area contributed by atoms with Gasteiger partial charge in [0.2, 0.25) is 0 Å². The van der Waals surface area contributed by atoms with Crippen molar-refractivity contribution in [3.8, 4) is 11.8 Å². The van der Waals surface area contributed by atoms with Gasteiger partial charge in [0.15, 0.2) is 0 Å². The highest BCUT2D eigenvalue weighted by Crippen LogP contribution is 2.22. The van der Waals surface area contributed by atoms with Crippen LogP contribution in [-0.2, 0) is 0 Å². The normalized spacial score (nSPS) is 9.93. The molecule has 0 spiro atoms. The van der Waals surface area contributed by atoms with E-state index in [0.717, 1.165) is 10.2 Å². The van der Waals surface area contributed by atoms with Crippen molar-refractivity contribution < 1.29 is 0 Å². The van der Waals surface area contributed by atoms with Crippen molar-refractivity contribution >= 4 is 27.5 Å². The molecule has 3 nitrogen and oxygen atoms in total. The first-order chi connectivity index (χ1) is 7.20. The Hall–Kier alpha value is -1.31. The van der Waals surface area contributed by atoms with Gasteiger partial charge in [0.05, 0.1) is 28.5 Å². The Morgan fingerprint density at radius 2 is 2.27 bits per heavy atom. The molecule has 0 saturated heterocycles. The smallest absolute Gasteiger partial charge is 0.0992 e. The molecule has 0 amide bonds. The number of hydrogen-bond donors (Lipinski definition) is 0. The van der Waals surface area contributed by atoms with Crippen LogP contribution in [0.25, 0.3) is 5.69 Å². The van der Waals surface area contributed by atoms with Crippen LogP contribution in [0.4, 0.5) is 0 Å². The minimum absolute atomic E-state index is 0.575. The van der Waals surface area contributed by atoms with Crippen LogP contribution < -0.4 is 0 Å². The number of nitriles is 1. The lowest BCUT2D eigenvalue weighted by Gasteiger charge is -2.03. The summed E-state index contributed by atoms with van der Waals surface area (Å²) in [7, 11) is 0. The van der Waals surface area contributed by atoms with Gasteiger partial charge in [-0.25, -0.2) is 4.68 Å². The van der Waals surface area contributed by atoms with Crippen LogP contribution in [0, 0.1) is 11.3 Å². The molecule has 5 heteroatoms. The quantitative estimate of drug-likeness (QED) is 0.806. The number of aromatic nitrogens is 2. The molecule has 15 heavy (non-hydrogen) atoms. The van der Waals surface area contributed by atoms with E-state index in [2.05, 4.69) is 27.1 Å². The van der Waals surface area contributed by atoms with E-state index >= 15 is 0 Å². The predicted molar refractivity (Wildman–Crippen MR) is 61.0 cm³/mol. The SMILES string of the molecule is N#Cc1ccc(-n2cc(Cl)cn2)c(Br)c1. The first-order valence-electron chi connectivity index (χ1n) is 4.11. The van der Waals surface area contributed by atoms with Crippen LogP contribution in [0.2, 0.25) is 5.02 Å². The van der Waals surface area contributed by atoms with Gasteiger partial charge in [-0.05, 0) is 34.1 Å². The summed E-state index contributed by atoms with van der Waals surface area (Å²) in [4.78, 5) is 0. The van der Waals surface area contributed by atoms with Crippen molar-refractivity contribution in [3.05, 3.63) is 45.7 Å². The summed E-state index contributed by atoms with van der Waals surface area (Å²) in [6.45, 7) is 0. The van der Waals surface area contributed by atoms with Gasteiger partial charge in [-0.3, -0.25) is 0 Å². The van der Waals surface area contributed by atoms with E-state index in [9.17, 15) is 0 Å². The number of benzene rings is 1. The Bertz CT molecular complexity index is 542. The zero-order valence-electron chi connectivity index (χ0n) is 7.48. The van der Waals surface area contributed by atoms with Crippen LogP contribution in [-0.4, -0.2) is 9.78 Å². The molecule has 0 radical (unpaired) electrons. The van der Waals surface area contributed by atoms with Gasteiger partial charge in [-0.15, -0.1) is 0 Å². The van der Waals surface area contributed by atoms with E-state index in [1.165, 1.54) is 0 Å². The molecule has 0 aliphatic heterocycles. The predicted octanol–water partition coefficient (Wildman–Crippen LogP) is 3.16. The third-order valence-corrected chi connectivity index (χ3v) is 2.71. The molecule has 74 valence electrons. The molecule has 2 rings (SSSR count). The fourth-order valence-corrected chi connectivity index (χ4v) is 1.89. The van der Waals surface area contributed by atoms with Crippen molar-refractivity contribution in [2.75, 3.05) is 0 Å². The molecule has 1 heterocycles. The number of halogens is 2. The molecule has 0 atom stereocenters. The summed E-state index contributed by atoms with van der Waals surface area (Å²) in [5.74, 6) is 0. The number of rotatable bonds is 1. The van der Waals surface area contributed by atoms with Crippen LogP contribution in [0.5, 0.6) is 0 Å². The maximum atomic E-state index is 8.71. The first kappa shape index (κ1) is 10.2. The summed E-state index contributed by atoms with van der Waals surface area (Å²) in [5.41, 5.74) is 1.45. The Morgan fingerprint density at radius 1 is 1.47 bits per heavy atom. The molecular weight excluding hydrogens is 277 g/mol. The summed E-state index contributed by atoms with van der Waals surface area (Å²) >= 11 is 9.15. The van der Waals surface area contributed by atoms with Gasteiger partial charge in [0.1, 0.15) is 0 Å². The highest BCUT2D eigenvalue weighted by molar-refractivity contribution is 9.10. The molecule has 0 saturated carbocycles. The maximum absolute atomic E-state index is 8.71. The van der Waals surface area contributed by atoms with Crippen LogP contribution in [0.15, 0.2) is 35.1 Å². The zero-order valence-corrected chi connectivity index (χ0v) is 9.83. The van der Waals surface area contributed by atoms with Crippen LogP contribution in [0.1, 0.15) is 5.56 Å². The van der Waals surface area contributed by atoms with E-state index in [1.807, 2.05) is 6.07 Å². The minimum atomic E-state index is 0.575. The Morgan fingerprint density at radius 3 is 2.80 bits per heavy atom. The van der Waals surface area contributed by atoms with Crippen molar-refractivity contribution in [1.82, 2.24) is 9.78 Å². The zero-order chi connectivity index (χ0) is 10.8. The lowest BCUT2D eigenvalue weighted by atomic mass is 10.2. The molecule has 0 N–H and O–H groups in total. The Balaban J connectivity index is 2.51. The fraction of sp³-hybridized carbons (Fsp3) is 0. The van der Waals surface area contributed by atoms with Gasteiger partial charge < -0.3 is 0 Å². The minimum Gasteiger partial charge on any atom is -0.238 e. The average molecular weight is 283 g/mol. The van der Waals surface area contributed by atoms with E-state index in [-0.39, 0.29) is 0 Å². The fourth-order valence-electron chi connectivity index (χ4n) is 1.19. The van der Waals surface area contributed by atoms with Gasteiger partial charge in [-0.1, -0.05) is 11.6 Å². The molecule has 1 aromatic heterocycles. The van der Waals surface area contributed by atoms with Crippen molar-refractivity contribution in [2.24, 2.45) is 0 Å². The molecule has 0 unspecified atom stereocenters. The van der Waals surface area contributed by atoms with Crippen LogP contribution in [0.3, 0.4) is 0 Å². The number of hydrogen-bond acceptors (Lipinski definition) is 2. The van der Waals surface area contributed by atoms with Gasteiger partial charge in [0.25, 0.3) is 0 Å². The summed E-state index contributed by atoms with van der Waals surface area (Å²) in [5, 5.41) is 13.4. The molecule has 2 aromatic rings. The highest BCUT2D eigenvalue weighted by Gasteiger charge is 2.04.